The summed E-state index contributed by atoms with van der Waals surface area (Å²) >= 11 is 3.41. The van der Waals surface area contributed by atoms with E-state index in [0.29, 0.717) is 0 Å². The zero-order valence-corrected chi connectivity index (χ0v) is 15.8. The van der Waals surface area contributed by atoms with Gasteiger partial charge in [-0.25, -0.2) is 0 Å². The van der Waals surface area contributed by atoms with Crippen molar-refractivity contribution < 1.29 is 4.79 Å². The van der Waals surface area contributed by atoms with Crippen LogP contribution < -0.4 is 10.6 Å². The van der Waals surface area contributed by atoms with E-state index in [9.17, 15) is 4.79 Å². The summed E-state index contributed by atoms with van der Waals surface area (Å²) in [5.41, 5.74) is 3.45. The van der Waals surface area contributed by atoms with E-state index in [2.05, 4.69) is 51.9 Å². The monoisotopic (exact) mass is 381 g/mol. The van der Waals surface area contributed by atoms with Crippen molar-refractivity contribution in [1.82, 2.24) is 10.2 Å². The Morgan fingerprint density at radius 3 is 2.81 bits per heavy atom. The van der Waals surface area contributed by atoms with Crippen molar-refractivity contribution in [1.29, 1.82) is 0 Å². The molecule has 4 nitrogen and oxygen atoms in total. The van der Waals surface area contributed by atoms with Crippen LogP contribution in [0.4, 0.5) is 5.00 Å². The zero-order chi connectivity index (χ0) is 17.5. The van der Waals surface area contributed by atoms with E-state index in [1.54, 1.807) is 22.7 Å². The lowest BCUT2D eigenvalue weighted by molar-refractivity contribution is 0.0935. The minimum atomic E-state index is -0.115. The number of benzene rings is 1. The van der Waals surface area contributed by atoms with Gasteiger partial charge in [-0.1, -0.05) is 36.4 Å². The molecule has 0 saturated carbocycles. The molecule has 1 atom stereocenters. The third kappa shape index (κ3) is 2.84. The van der Waals surface area contributed by atoms with Gasteiger partial charge in [-0.2, -0.15) is 0 Å². The molecule has 0 aliphatic carbocycles. The molecule has 0 fully saturated rings. The molecule has 26 heavy (non-hydrogen) atoms. The van der Waals surface area contributed by atoms with E-state index < -0.39 is 0 Å². The number of nitrogens with zero attached hydrogens (tertiary/aromatic N) is 1. The molecule has 2 aromatic heterocycles. The van der Waals surface area contributed by atoms with Crippen LogP contribution >= 0.6 is 22.7 Å². The molecule has 2 aliphatic heterocycles. The topological polar surface area (TPSA) is 44.4 Å². The SMILES string of the molecule is O=C1N[C@H](c2cccs2)Nc2sc3c(c21)CCN(Cc1ccccc1)C3. The summed E-state index contributed by atoms with van der Waals surface area (Å²) in [4.78, 5) is 17.7. The highest BCUT2D eigenvalue weighted by Crippen LogP contribution is 2.41. The second kappa shape index (κ2) is 6.54. The predicted octanol–water partition coefficient (Wildman–Crippen LogP) is 4.22. The summed E-state index contributed by atoms with van der Waals surface area (Å²) < 4.78 is 0. The molecule has 4 heterocycles. The Bertz CT molecular complexity index is 934. The number of amides is 1. The van der Waals surface area contributed by atoms with Crippen LogP contribution in [0.5, 0.6) is 0 Å². The molecule has 6 heteroatoms. The van der Waals surface area contributed by atoms with E-state index in [1.807, 2.05) is 11.4 Å². The van der Waals surface area contributed by atoms with Gasteiger partial charge in [0.05, 0.1) is 5.56 Å². The van der Waals surface area contributed by atoms with Gasteiger partial charge in [0.1, 0.15) is 11.2 Å². The van der Waals surface area contributed by atoms with Crippen molar-refractivity contribution in [2.45, 2.75) is 25.7 Å². The highest BCUT2D eigenvalue weighted by Gasteiger charge is 2.33. The Morgan fingerprint density at radius 2 is 2.00 bits per heavy atom. The van der Waals surface area contributed by atoms with Crippen LogP contribution in [0.2, 0.25) is 0 Å². The van der Waals surface area contributed by atoms with Gasteiger partial charge < -0.3 is 10.6 Å². The second-order valence-corrected chi connectivity index (χ2v) is 8.80. The first-order valence-corrected chi connectivity index (χ1v) is 10.5. The van der Waals surface area contributed by atoms with Crippen LogP contribution in [0.1, 0.15) is 37.4 Å². The molecule has 0 spiro atoms. The van der Waals surface area contributed by atoms with E-state index >= 15 is 0 Å². The second-order valence-electron chi connectivity index (χ2n) is 6.72. The molecule has 0 radical (unpaired) electrons. The molecule has 0 unspecified atom stereocenters. The van der Waals surface area contributed by atoms with E-state index in [4.69, 9.17) is 0 Å². The molecule has 132 valence electrons. The summed E-state index contributed by atoms with van der Waals surface area (Å²) in [6.45, 7) is 2.87. The van der Waals surface area contributed by atoms with Crippen LogP contribution in [0.25, 0.3) is 0 Å². The molecule has 3 aromatic rings. The number of carbonyl (C=O) groups excluding carboxylic acids is 1. The van der Waals surface area contributed by atoms with Crippen LogP contribution in [0.15, 0.2) is 47.8 Å². The van der Waals surface area contributed by atoms with Crippen molar-refractivity contribution in [2.75, 3.05) is 11.9 Å². The lowest BCUT2D eigenvalue weighted by Crippen LogP contribution is -2.38. The number of fused-ring (bicyclic) bond motifs is 3. The van der Waals surface area contributed by atoms with Gasteiger partial charge >= 0.3 is 0 Å². The molecule has 0 bridgehead atoms. The maximum absolute atomic E-state index is 12.7. The molecule has 1 amide bonds. The number of rotatable bonds is 3. The molecule has 1 aromatic carbocycles. The smallest absolute Gasteiger partial charge is 0.256 e. The third-order valence-electron chi connectivity index (χ3n) is 4.99. The van der Waals surface area contributed by atoms with Crippen LogP contribution in [0.3, 0.4) is 0 Å². The summed E-state index contributed by atoms with van der Waals surface area (Å²) in [5, 5.41) is 9.71. The quantitative estimate of drug-likeness (QED) is 0.714. The van der Waals surface area contributed by atoms with Crippen LogP contribution in [-0.2, 0) is 19.5 Å². The normalized spacial score (nSPS) is 19.4. The van der Waals surface area contributed by atoms with Crippen molar-refractivity contribution >= 4 is 33.6 Å². The Morgan fingerprint density at radius 1 is 1.12 bits per heavy atom. The van der Waals surface area contributed by atoms with Gasteiger partial charge in [-0.15, -0.1) is 22.7 Å². The largest absolute Gasteiger partial charge is 0.352 e. The molecular weight excluding hydrogens is 362 g/mol. The summed E-state index contributed by atoms with van der Waals surface area (Å²) in [6, 6.07) is 14.7. The zero-order valence-electron chi connectivity index (χ0n) is 14.2. The average Bonchev–Trinajstić information content (AvgIpc) is 3.30. The van der Waals surface area contributed by atoms with E-state index in [1.165, 1.54) is 16.0 Å². The van der Waals surface area contributed by atoms with E-state index in [-0.39, 0.29) is 12.1 Å². The van der Waals surface area contributed by atoms with Crippen molar-refractivity contribution in [2.24, 2.45) is 0 Å². The van der Waals surface area contributed by atoms with Gasteiger partial charge in [0.25, 0.3) is 5.91 Å². The highest BCUT2D eigenvalue weighted by molar-refractivity contribution is 7.16. The number of carbonyl (C=O) groups is 1. The first-order valence-electron chi connectivity index (χ1n) is 8.79. The van der Waals surface area contributed by atoms with Crippen molar-refractivity contribution in [3.8, 4) is 0 Å². The average molecular weight is 382 g/mol. The maximum atomic E-state index is 12.7. The van der Waals surface area contributed by atoms with E-state index in [0.717, 1.165) is 41.5 Å². The van der Waals surface area contributed by atoms with Gasteiger partial charge in [0, 0.05) is 29.4 Å². The Labute approximate surface area is 160 Å². The molecular formula is C20H19N3OS2. The number of hydrogen-bond donors (Lipinski definition) is 2. The highest BCUT2D eigenvalue weighted by atomic mass is 32.1. The fraction of sp³-hybridized carbons (Fsp3) is 0.250. The lowest BCUT2D eigenvalue weighted by Gasteiger charge is -2.28. The number of thiophene rings is 2. The standard InChI is InChI=1S/C20H19N3OS2/c24-19-17-14-8-9-23(11-13-5-2-1-3-6-13)12-16(14)26-20(17)22-18(21-19)15-7-4-10-25-15/h1-7,10,18,22H,8-9,11-12H2,(H,21,24)/t18-/m0/s1. The van der Waals surface area contributed by atoms with Crippen molar-refractivity contribution in [3.63, 3.8) is 0 Å². The Hall–Kier alpha value is -2.15. The fourth-order valence-electron chi connectivity index (χ4n) is 3.74. The molecule has 2 N–H and O–H groups in total. The summed E-state index contributed by atoms with van der Waals surface area (Å²) in [6.07, 6.45) is 0.822. The van der Waals surface area contributed by atoms with Crippen LogP contribution in [0, 0.1) is 0 Å². The minimum Gasteiger partial charge on any atom is -0.352 e. The number of hydrogen-bond acceptors (Lipinski definition) is 5. The summed E-state index contributed by atoms with van der Waals surface area (Å²) in [5.74, 6) is 0.0613. The molecule has 5 rings (SSSR count). The third-order valence-corrected chi connectivity index (χ3v) is 7.08. The van der Waals surface area contributed by atoms with Gasteiger partial charge in [0.2, 0.25) is 0 Å². The predicted molar refractivity (Wildman–Crippen MR) is 107 cm³/mol. The Kier molecular flexibility index (Phi) is 4.04. The van der Waals surface area contributed by atoms with Gasteiger partial charge in [-0.3, -0.25) is 9.69 Å². The molecule has 0 saturated heterocycles. The summed E-state index contributed by atoms with van der Waals surface area (Å²) in [7, 11) is 0. The van der Waals surface area contributed by atoms with Crippen LogP contribution in [-0.4, -0.2) is 17.4 Å². The van der Waals surface area contributed by atoms with Gasteiger partial charge in [-0.05, 0) is 29.0 Å². The fourth-order valence-corrected chi connectivity index (χ4v) is 5.78. The first kappa shape index (κ1) is 16.1. The van der Waals surface area contributed by atoms with Crippen molar-refractivity contribution in [3.05, 3.63) is 74.3 Å². The number of anilines is 1. The Balaban J connectivity index is 1.39. The van der Waals surface area contributed by atoms with Gasteiger partial charge in [0.15, 0.2) is 0 Å². The first-order chi connectivity index (χ1) is 12.8. The maximum Gasteiger partial charge on any atom is 0.256 e. The molecule has 2 aliphatic rings. The minimum absolute atomic E-state index is 0.0613. The number of nitrogens with one attached hydrogen (secondary N) is 2. The lowest BCUT2D eigenvalue weighted by atomic mass is 10.0.